The first-order chi connectivity index (χ1) is 15.3. The standard InChI is InChI=1S/C24H26N6O2/c1-14-9-16(20-19-10-18(15-5-6-15)12-30(19)27-13-26-20)7-8-17(14)11-25-22(31)21-28-23(32-29-21)24(2,3)4/h7-10,12-13,15H,5-6,11H2,1-4H3,(H,25,31). The third-order valence-electron chi connectivity index (χ3n) is 5.80. The largest absolute Gasteiger partial charge is 0.345 e. The Labute approximate surface area is 186 Å². The van der Waals surface area contributed by atoms with Gasteiger partial charge >= 0.3 is 0 Å². The molecule has 32 heavy (non-hydrogen) atoms. The minimum Gasteiger partial charge on any atom is -0.345 e. The van der Waals surface area contributed by atoms with Gasteiger partial charge in [-0.1, -0.05) is 38.1 Å². The lowest BCUT2D eigenvalue weighted by Crippen LogP contribution is -2.24. The Morgan fingerprint density at radius 1 is 1.25 bits per heavy atom. The Kier molecular flexibility index (Phi) is 4.80. The van der Waals surface area contributed by atoms with Gasteiger partial charge in [-0.15, -0.1) is 0 Å². The summed E-state index contributed by atoms with van der Waals surface area (Å²) >= 11 is 0. The molecule has 0 unspecified atom stereocenters. The van der Waals surface area contributed by atoms with Crippen molar-refractivity contribution in [3.05, 3.63) is 65.2 Å². The maximum atomic E-state index is 12.5. The maximum Gasteiger partial charge on any atom is 0.292 e. The number of amides is 1. The molecule has 164 valence electrons. The Hall–Kier alpha value is -3.55. The number of hydrogen-bond donors (Lipinski definition) is 1. The summed E-state index contributed by atoms with van der Waals surface area (Å²) in [7, 11) is 0. The number of hydrogen-bond acceptors (Lipinski definition) is 6. The molecule has 8 nitrogen and oxygen atoms in total. The molecule has 1 N–H and O–H groups in total. The number of carbonyl (C=O) groups excluding carboxylic acids is 1. The molecular weight excluding hydrogens is 404 g/mol. The van der Waals surface area contributed by atoms with E-state index in [1.807, 2.05) is 44.3 Å². The number of aryl methyl sites for hydroxylation is 1. The van der Waals surface area contributed by atoms with Crippen molar-refractivity contribution in [3.8, 4) is 11.3 Å². The Morgan fingerprint density at radius 3 is 2.75 bits per heavy atom. The lowest BCUT2D eigenvalue weighted by molar-refractivity contribution is 0.0937. The van der Waals surface area contributed by atoms with Crippen molar-refractivity contribution in [3.63, 3.8) is 0 Å². The molecule has 1 fully saturated rings. The molecule has 4 aromatic rings. The Balaban J connectivity index is 1.33. The summed E-state index contributed by atoms with van der Waals surface area (Å²) in [4.78, 5) is 21.2. The summed E-state index contributed by atoms with van der Waals surface area (Å²) in [5, 5.41) is 11.1. The molecule has 0 radical (unpaired) electrons. The first-order valence-electron chi connectivity index (χ1n) is 10.8. The van der Waals surface area contributed by atoms with Crippen LogP contribution in [0, 0.1) is 6.92 Å². The first-order valence-corrected chi connectivity index (χ1v) is 10.8. The molecule has 1 saturated carbocycles. The molecule has 0 atom stereocenters. The zero-order chi connectivity index (χ0) is 22.5. The van der Waals surface area contributed by atoms with Crippen molar-refractivity contribution in [1.82, 2.24) is 30.1 Å². The predicted octanol–water partition coefficient (Wildman–Crippen LogP) is 4.19. The van der Waals surface area contributed by atoms with Crippen LogP contribution in [0.4, 0.5) is 0 Å². The lowest BCUT2D eigenvalue weighted by atomic mass is 9.97. The van der Waals surface area contributed by atoms with Crippen LogP contribution in [0.2, 0.25) is 0 Å². The smallest absolute Gasteiger partial charge is 0.292 e. The Bertz CT molecular complexity index is 1310. The van der Waals surface area contributed by atoms with Gasteiger partial charge in [0.25, 0.3) is 11.7 Å². The van der Waals surface area contributed by atoms with Gasteiger partial charge in [-0.25, -0.2) is 9.50 Å². The van der Waals surface area contributed by atoms with Crippen LogP contribution in [0.5, 0.6) is 0 Å². The summed E-state index contributed by atoms with van der Waals surface area (Å²) < 4.78 is 7.12. The van der Waals surface area contributed by atoms with E-state index in [9.17, 15) is 4.79 Å². The fourth-order valence-corrected chi connectivity index (χ4v) is 3.73. The second-order valence-electron chi connectivity index (χ2n) is 9.48. The molecule has 1 aromatic carbocycles. The molecular formula is C24H26N6O2. The van der Waals surface area contributed by atoms with Gasteiger partial charge < -0.3 is 9.84 Å². The third kappa shape index (κ3) is 3.88. The van der Waals surface area contributed by atoms with Crippen LogP contribution < -0.4 is 5.32 Å². The van der Waals surface area contributed by atoms with Gasteiger partial charge in [0, 0.05) is 23.7 Å². The second-order valence-corrected chi connectivity index (χ2v) is 9.48. The zero-order valence-corrected chi connectivity index (χ0v) is 18.7. The van der Waals surface area contributed by atoms with Crippen molar-refractivity contribution >= 4 is 11.4 Å². The molecule has 3 aromatic heterocycles. The Morgan fingerprint density at radius 2 is 2.06 bits per heavy atom. The van der Waals surface area contributed by atoms with E-state index in [0.717, 1.165) is 27.9 Å². The molecule has 1 aliphatic carbocycles. The maximum absolute atomic E-state index is 12.5. The quantitative estimate of drug-likeness (QED) is 0.510. The van der Waals surface area contributed by atoms with Crippen LogP contribution >= 0.6 is 0 Å². The van der Waals surface area contributed by atoms with E-state index < -0.39 is 0 Å². The summed E-state index contributed by atoms with van der Waals surface area (Å²) in [6.45, 7) is 8.28. The van der Waals surface area contributed by atoms with Crippen molar-refractivity contribution in [1.29, 1.82) is 0 Å². The molecule has 1 aliphatic rings. The summed E-state index contributed by atoms with van der Waals surface area (Å²) in [6, 6.07) is 8.35. The number of rotatable bonds is 5. The van der Waals surface area contributed by atoms with Crippen molar-refractivity contribution in [2.24, 2.45) is 0 Å². The fourth-order valence-electron chi connectivity index (χ4n) is 3.73. The van der Waals surface area contributed by atoms with Crippen LogP contribution in [-0.4, -0.2) is 30.6 Å². The molecule has 1 amide bonds. The molecule has 0 bridgehead atoms. The molecule has 3 heterocycles. The average molecular weight is 431 g/mol. The highest BCUT2D eigenvalue weighted by Gasteiger charge is 2.26. The minimum absolute atomic E-state index is 0.0484. The molecule has 0 aliphatic heterocycles. The number of nitrogens with zero attached hydrogens (tertiary/aromatic N) is 5. The summed E-state index contributed by atoms with van der Waals surface area (Å²) in [5.41, 5.74) is 6.06. The molecule has 0 saturated heterocycles. The number of benzene rings is 1. The second kappa shape index (κ2) is 7.55. The van der Waals surface area contributed by atoms with Crippen LogP contribution in [-0.2, 0) is 12.0 Å². The SMILES string of the molecule is Cc1cc(-c2ncnn3cc(C4CC4)cc23)ccc1CNC(=O)c1noc(C(C)(C)C)n1. The minimum atomic E-state index is -0.356. The van der Waals surface area contributed by atoms with E-state index in [0.29, 0.717) is 18.4 Å². The number of carbonyl (C=O) groups is 1. The first kappa shape index (κ1) is 20.4. The van der Waals surface area contributed by atoms with Crippen molar-refractivity contribution < 1.29 is 9.32 Å². The van der Waals surface area contributed by atoms with Gasteiger partial charge in [0.15, 0.2) is 0 Å². The third-order valence-corrected chi connectivity index (χ3v) is 5.80. The van der Waals surface area contributed by atoms with E-state index in [1.165, 1.54) is 18.4 Å². The van der Waals surface area contributed by atoms with E-state index in [1.54, 1.807) is 6.33 Å². The summed E-state index contributed by atoms with van der Waals surface area (Å²) in [6.07, 6.45) is 6.21. The topological polar surface area (TPSA) is 98.2 Å². The van der Waals surface area contributed by atoms with Crippen LogP contribution in [0.25, 0.3) is 16.8 Å². The van der Waals surface area contributed by atoms with Gasteiger partial charge in [0.05, 0.1) is 11.2 Å². The monoisotopic (exact) mass is 430 g/mol. The van der Waals surface area contributed by atoms with Gasteiger partial charge in [0.1, 0.15) is 6.33 Å². The number of aromatic nitrogens is 5. The van der Waals surface area contributed by atoms with Gasteiger partial charge in [-0.3, -0.25) is 4.79 Å². The highest BCUT2D eigenvalue weighted by molar-refractivity contribution is 5.90. The fraction of sp³-hybridized carbons (Fsp3) is 0.375. The molecule has 5 rings (SSSR count). The molecule has 8 heteroatoms. The number of fused-ring (bicyclic) bond motifs is 1. The normalized spacial score (nSPS) is 14.1. The van der Waals surface area contributed by atoms with E-state index in [2.05, 4.69) is 43.9 Å². The average Bonchev–Trinajstić information content (AvgIpc) is 3.30. The van der Waals surface area contributed by atoms with Gasteiger partial charge in [-0.05, 0) is 54.5 Å². The highest BCUT2D eigenvalue weighted by atomic mass is 16.5. The van der Waals surface area contributed by atoms with Crippen LogP contribution in [0.15, 0.2) is 41.3 Å². The van der Waals surface area contributed by atoms with Crippen LogP contribution in [0.1, 0.15) is 72.7 Å². The lowest BCUT2D eigenvalue weighted by Gasteiger charge is -2.10. The van der Waals surface area contributed by atoms with Crippen molar-refractivity contribution in [2.75, 3.05) is 0 Å². The number of nitrogens with one attached hydrogen (secondary N) is 1. The predicted molar refractivity (Wildman–Crippen MR) is 119 cm³/mol. The highest BCUT2D eigenvalue weighted by Crippen LogP contribution is 2.41. The van der Waals surface area contributed by atoms with Gasteiger partial charge in [-0.2, -0.15) is 10.1 Å². The summed E-state index contributed by atoms with van der Waals surface area (Å²) in [5.74, 6) is 0.795. The van der Waals surface area contributed by atoms with Gasteiger partial charge in [0.2, 0.25) is 5.89 Å². The van der Waals surface area contributed by atoms with Crippen molar-refractivity contribution in [2.45, 2.75) is 58.4 Å². The zero-order valence-electron chi connectivity index (χ0n) is 18.7. The van der Waals surface area contributed by atoms with E-state index in [4.69, 9.17) is 4.52 Å². The van der Waals surface area contributed by atoms with E-state index >= 15 is 0 Å². The molecule has 0 spiro atoms. The van der Waals surface area contributed by atoms with E-state index in [-0.39, 0.29) is 17.1 Å². The van der Waals surface area contributed by atoms with Crippen LogP contribution in [0.3, 0.4) is 0 Å².